The highest BCUT2D eigenvalue weighted by molar-refractivity contribution is 9.10. The van der Waals surface area contributed by atoms with Crippen LogP contribution in [0.3, 0.4) is 0 Å². The van der Waals surface area contributed by atoms with E-state index in [4.69, 9.17) is 22.1 Å². The van der Waals surface area contributed by atoms with Gasteiger partial charge >= 0.3 is 0 Å². The number of rotatable bonds is 17. The first kappa shape index (κ1) is 69.3. The van der Waals surface area contributed by atoms with Gasteiger partial charge in [-0.1, -0.05) is 129 Å². The summed E-state index contributed by atoms with van der Waals surface area (Å²) in [7, 11) is -0.943. The quantitative estimate of drug-likeness (QED) is 0.0720. The van der Waals surface area contributed by atoms with E-state index in [2.05, 4.69) is 104 Å². The second-order valence-electron chi connectivity index (χ2n) is 19.6. The van der Waals surface area contributed by atoms with Crippen LogP contribution in [-0.4, -0.2) is 91.9 Å². The Morgan fingerprint density at radius 1 is 0.612 bits per heavy atom. The zero-order valence-corrected chi connectivity index (χ0v) is 55.3. The van der Waals surface area contributed by atoms with Gasteiger partial charge in [0.05, 0.1) is 47.0 Å². The number of aromatic nitrogens is 7. The smallest absolute Gasteiger partial charge is 0.244 e. The first-order valence-electron chi connectivity index (χ1n) is 26.5. The minimum absolute atomic E-state index is 0.0753. The number of pyridine rings is 3. The number of halogens is 3. The van der Waals surface area contributed by atoms with Crippen molar-refractivity contribution in [1.29, 1.82) is 0 Å². The Balaban J connectivity index is 0.000000214. The third kappa shape index (κ3) is 21.2. The molecule has 4 N–H and O–H groups in total. The van der Waals surface area contributed by atoms with Crippen molar-refractivity contribution >= 4 is 73.5 Å². The molecule has 0 radical (unpaired) electrons. The number of ether oxygens (including phenoxy) is 1. The molecule has 18 nitrogen and oxygen atoms in total. The van der Waals surface area contributed by atoms with Crippen molar-refractivity contribution in [3.8, 4) is 17.0 Å². The molecule has 4 aromatic carbocycles. The van der Waals surface area contributed by atoms with Crippen LogP contribution >= 0.6 is 43.5 Å². The Morgan fingerprint density at radius 2 is 1.07 bits per heavy atom. The highest BCUT2D eigenvalue weighted by atomic mass is 79.9. The van der Waals surface area contributed by atoms with Gasteiger partial charge in [-0.05, 0) is 137 Å². The topological polar surface area (TPSA) is 239 Å². The number of benzene rings is 4. The number of sulfonamides is 3. The minimum Gasteiger partial charge on any atom is -0.497 e. The fourth-order valence-electron chi connectivity index (χ4n) is 8.02. The molecule has 0 aliphatic heterocycles. The Labute approximate surface area is 522 Å². The van der Waals surface area contributed by atoms with Crippen molar-refractivity contribution in [3.63, 3.8) is 0 Å². The van der Waals surface area contributed by atoms with E-state index in [0.717, 1.165) is 34.0 Å². The van der Waals surface area contributed by atoms with Crippen LogP contribution in [-0.2, 0) is 63.6 Å². The Hall–Kier alpha value is -6.51. The molecular weight excluding hydrogens is 1290 g/mol. The van der Waals surface area contributed by atoms with E-state index in [9.17, 15) is 25.3 Å². The molecule has 0 amide bonds. The molecule has 0 aliphatic carbocycles. The number of nitrogens with one attached hydrogen (secondary N) is 2. The van der Waals surface area contributed by atoms with Crippen LogP contribution in [0.15, 0.2) is 201 Å². The first-order chi connectivity index (χ1) is 40.3. The number of aryl methyl sites for hydroxylation is 3. The van der Waals surface area contributed by atoms with Crippen molar-refractivity contribution in [2.45, 2.75) is 79.6 Å². The standard InChI is InChI=1S/C23H25BrN2O3S.C19H22N4O2S.C8H11N.C6H6BrClN2O2S.C5H8N2/c1-17(19-7-5-4-6-8-19)13-23-22(24)14-21(15-25-23)30(27,28)26(2)16-18-9-11-20(29-3)12-10-18;1-14(15-7-5-4-6-8-15)9-18-17(19-12-23(3)13-22-19)10-16(11-21-18)26(24,25)20-2;1-7(9)8-5-3-2-4-6-8;1-9-13(11,12)4-2-5(7)6(8)10-3-4;1-5-3-7(2)4-6-5/h4-12,14-15,17H,13,16H2,1-3H3;4-8,10-14,20H,9H2,1-3H3;2-7H,9H2,1H3;2-3,9H,1H3;3-4H,1-2H3/t17-;14-;7-;;/m001../s1. The lowest BCUT2D eigenvalue weighted by atomic mass is 9.94. The molecule has 0 saturated carbocycles. The summed E-state index contributed by atoms with van der Waals surface area (Å²) in [5.74, 6) is 1.26. The molecule has 0 saturated heterocycles. The second kappa shape index (κ2) is 32.8. The van der Waals surface area contributed by atoms with Gasteiger partial charge in [-0.25, -0.2) is 49.6 Å². The molecule has 0 unspecified atom stereocenters. The zero-order chi connectivity index (χ0) is 62.5. The van der Waals surface area contributed by atoms with Gasteiger partial charge in [0.2, 0.25) is 30.1 Å². The molecule has 5 aromatic heterocycles. The lowest BCUT2D eigenvalue weighted by Crippen LogP contribution is -2.26. The summed E-state index contributed by atoms with van der Waals surface area (Å²) in [5, 5.41) is 0.232. The van der Waals surface area contributed by atoms with Crippen molar-refractivity contribution in [1.82, 2.24) is 47.8 Å². The normalized spacial score (nSPS) is 12.4. The number of hydrogen-bond acceptors (Lipinski definition) is 13. The maximum absolute atomic E-state index is 13.0. The van der Waals surface area contributed by atoms with Gasteiger partial charge in [0.1, 0.15) is 25.6 Å². The third-order valence-electron chi connectivity index (χ3n) is 12.9. The monoisotopic (exact) mass is 1360 g/mol. The van der Waals surface area contributed by atoms with E-state index in [1.54, 1.807) is 38.9 Å². The fraction of sp³-hybridized carbons (Fsp3) is 0.262. The summed E-state index contributed by atoms with van der Waals surface area (Å²) < 4.78 is 88.7. The maximum Gasteiger partial charge on any atom is 0.244 e. The minimum atomic E-state index is -3.66. The highest BCUT2D eigenvalue weighted by Gasteiger charge is 2.24. The van der Waals surface area contributed by atoms with E-state index >= 15 is 0 Å². The van der Waals surface area contributed by atoms with Gasteiger partial charge in [0.15, 0.2) is 0 Å². The summed E-state index contributed by atoms with van der Waals surface area (Å²) in [6, 6.07) is 42.6. The molecule has 24 heteroatoms. The van der Waals surface area contributed by atoms with Crippen LogP contribution in [0.5, 0.6) is 5.75 Å². The van der Waals surface area contributed by atoms with Crippen LogP contribution < -0.4 is 19.9 Å². The number of hydrogen-bond donors (Lipinski definition) is 3. The van der Waals surface area contributed by atoms with Gasteiger partial charge in [0.25, 0.3) is 0 Å². The molecule has 452 valence electrons. The SMILES string of the molecule is CNS(=O)(=O)c1cnc(C[C@H](C)c2ccccc2)c(-c2cn(C)cn2)c1.CNS(=O)(=O)c1cnc(Cl)c(Br)c1.COc1ccc(CN(C)S(=O)(=O)c2cnc(C[C@H](C)c3ccccc3)c(Br)c2)cc1.C[C@@H](N)c1ccccc1.Cc1cn(C)cn1. The Bertz CT molecular complexity index is 3870. The summed E-state index contributed by atoms with van der Waals surface area (Å²) in [6.07, 6.45) is 12.8. The predicted molar refractivity (Wildman–Crippen MR) is 344 cm³/mol. The molecular formula is C61H72Br2ClN11O7S3. The van der Waals surface area contributed by atoms with Gasteiger partial charge < -0.3 is 19.6 Å². The molecule has 5 heterocycles. The van der Waals surface area contributed by atoms with Crippen LogP contribution in [0, 0.1) is 6.92 Å². The number of methoxy groups -OCH3 is 1. The van der Waals surface area contributed by atoms with E-state index in [1.165, 1.54) is 59.7 Å². The predicted octanol–water partition coefficient (Wildman–Crippen LogP) is 11.6. The van der Waals surface area contributed by atoms with E-state index in [-0.39, 0.29) is 44.3 Å². The average Bonchev–Trinajstić information content (AvgIpc) is 4.38. The highest BCUT2D eigenvalue weighted by Crippen LogP contribution is 2.30. The molecule has 0 spiro atoms. The van der Waals surface area contributed by atoms with E-state index in [1.807, 2.05) is 140 Å². The Kier molecular flexibility index (Phi) is 26.8. The third-order valence-corrected chi connectivity index (χ3v) is 19.3. The largest absolute Gasteiger partial charge is 0.497 e. The number of nitrogens with two attached hydrogens (primary N) is 1. The van der Waals surface area contributed by atoms with Gasteiger partial charge in [-0.3, -0.25) is 9.97 Å². The van der Waals surface area contributed by atoms with Crippen LogP contribution in [0.4, 0.5) is 0 Å². The molecule has 0 fully saturated rings. The van der Waals surface area contributed by atoms with Gasteiger partial charge in [0, 0.05) is 74.8 Å². The Morgan fingerprint density at radius 3 is 1.49 bits per heavy atom. The second-order valence-corrected chi connectivity index (χ2v) is 27.5. The molecule has 9 rings (SSSR count). The maximum atomic E-state index is 13.0. The molecule has 0 aliphatic rings. The summed E-state index contributed by atoms with van der Waals surface area (Å²) in [4.78, 5) is 21.4. The first-order valence-corrected chi connectivity index (χ1v) is 32.9. The molecule has 85 heavy (non-hydrogen) atoms. The summed E-state index contributed by atoms with van der Waals surface area (Å²) in [5.41, 5.74) is 14.3. The number of imidazole rings is 2. The van der Waals surface area contributed by atoms with Crippen LogP contribution in [0.2, 0.25) is 5.15 Å². The lowest BCUT2D eigenvalue weighted by Gasteiger charge is -2.18. The van der Waals surface area contributed by atoms with E-state index in [0.29, 0.717) is 27.5 Å². The zero-order valence-electron chi connectivity index (χ0n) is 49.0. The number of nitrogens with zero attached hydrogens (tertiary/aromatic N) is 8. The van der Waals surface area contributed by atoms with Crippen LogP contribution in [0.25, 0.3) is 11.3 Å². The summed E-state index contributed by atoms with van der Waals surface area (Å²) >= 11 is 12.2. The lowest BCUT2D eigenvalue weighted by molar-refractivity contribution is 0.414. The average molecular weight is 1360 g/mol. The van der Waals surface area contributed by atoms with Crippen molar-refractivity contribution < 1.29 is 30.0 Å². The van der Waals surface area contributed by atoms with Crippen molar-refractivity contribution in [3.05, 3.63) is 231 Å². The molecule has 9 aromatic rings. The summed E-state index contributed by atoms with van der Waals surface area (Å²) in [6.45, 7) is 8.49. The van der Waals surface area contributed by atoms with Crippen LogP contribution in [0.1, 0.15) is 78.0 Å². The van der Waals surface area contributed by atoms with Crippen molar-refractivity contribution in [2.24, 2.45) is 19.8 Å². The van der Waals surface area contributed by atoms with E-state index < -0.39 is 30.1 Å². The fourth-order valence-corrected chi connectivity index (χ4v) is 11.8. The van der Waals surface area contributed by atoms with Crippen molar-refractivity contribution in [2.75, 3.05) is 28.3 Å². The molecule has 3 atom stereocenters. The van der Waals surface area contributed by atoms with Gasteiger partial charge in [-0.2, -0.15) is 4.31 Å². The molecule has 0 bridgehead atoms. The van der Waals surface area contributed by atoms with Gasteiger partial charge in [-0.15, -0.1) is 0 Å².